The molecule has 0 radical (unpaired) electrons. The summed E-state index contributed by atoms with van der Waals surface area (Å²) in [5, 5.41) is 0. The van der Waals surface area contributed by atoms with Crippen molar-refractivity contribution in [2.75, 3.05) is 20.0 Å². The average Bonchev–Trinajstić information content (AvgIpc) is 3.15. The number of ether oxygens (including phenoxy) is 3. The van der Waals surface area contributed by atoms with Gasteiger partial charge in [0.15, 0.2) is 11.6 Å². The Morgan fingerprint density at radius 1 is 1.12 bits per heavy atom. The summed E-state index contributed by atoms with van der Waals surface area (Å²) < 4.78 is 16.6. The van der Waals surface area contributed by atoms with Crippen LogP contribution in [0.15, 0.2) is 11.6 Å². The van der Waals surface area contributed by atoms with E-state index in [1.807, 2.05) is 6.08 Å². The molecule has 0 heterocycles. The number of fused-ring (bicyclic) bond motifs is 5. The normalized spacial score (nSPS) is 39.0. The van der Waals surface area contributed by atoms with Gasteiger partial charge in [-0.3, -0.25) is 14.4 Å². The summed E-state index contributed by atoms with van der Waals surface area (Å²) in [6.07, 6.45) is 10.3. The van der Waals surface area contributed by atoms with Crippen molar-refractivity contribution in [1.82, 2.24) is 0 Å². The number of esters is 1. The van der Waals surface area contributed by atoms with Crippen LogP contribution in [0.4, 0.5) is 0 Å². The molecule has 0 amide bonds. The van der Waals surface area contributed by atoms with Crippen LogP contribution >= 0.6 is 0 Å². The molecule has 4 rings (SSSR count). The van der Waals surface area contributed by atoms with Gasteiger partial charge in [0, 0.05) is 19.4 Å². The Morgan fingerprint density at radius 2 is 1.91 bits per heavy atom. The van der Waals surface area contributed by atoms with Gasteiger partial charge in [-0.05, 0) is 86.0 Å². The minimum Gasteiger partial charge on any atom is -0.458 e. The molecule has 0 aromatic rings. The number of unbranched alkanes of at least 4 members (excludes halogenated alkanes) is 1. The molecule has 0 N–H and O–H groups in total. The van der Waals surface area contributed by atoms with E-state index in [4.69, 9.17) is 14.2 Å². The first kappa shape index (κ1) is 25.6. The average molecular weight is 475 g/mol. The molecule has 7 atom stereocenters. The Kier molecular flexibility index (Phi) is 7.68. The Bertz CT molecular complexity index is 833. The second kappa shape index (κ2) is 10.2. The fraction of sp³-hybridized carbons (Fsp3) is 0.821. The number of Topliss-reactive ketones (excluding diaryl/α,β-unsaturated/α-hetero) is 1. The molecule has 0 spiro atoms. The lowest BCUT2D eigenvalue weighted by atomic mass is 9.46. The number of hydrogen-bond acceptors (Lipinski definition) is 6. The van der Waals surface area contributed by atoms with Crippen LogP contribution in [0.25, 0.3) is 0 Å². The van der Waals surface area contributed by atoms with E-state index in [-0.39, 0.29) is 41.7 Å². The number of rotatable bonds is 9. The highest BCUT2D eigenvalue weighted by atomic mass is 16.7. The van der Waals surface area contributed by atoms with Crippen LogP contribution < -0.4 is 0 Å². The SMILES string of the molecule is CCCCOCOC1C[C@@]2(C)C(=CC1=O)CC[C@H]1[C@@H]3CC[C@H](C(=O)COC(C)=O)[C@@]3(C)CC[C@@H]12. The summed E-state index contributed by atoms with van der Waals surface area (Å²) in [5.74, 6) is 1.33. The molecule has 0 aliphatic heterocycles. The van der Waals surface area contributed by atoms with Crippen LogP contribution in [0.3, 0.4) is 0 Å². The van der Waals surface area contributed by atoms with Crippen molar-refractivity contribution in [2.45, 2.75) is 91.6 Å². The summed E-state index contributed by atoms with van der Waals surface area (Å²) in [5.41, 5.74) is 1.24. The lowest BCUT2D eigenvalue weighted by Crippen LogP contribution is -2.53. The maximum Gasteiger partial charge on any atom is 0.303 e. The fourth-order valence-corrected chi connectivity index (χ4v) is 7.98. The van der Waals surface area contributed by atoms with Crippen LogP contribution in [0.1, 0.15) is 85.5 Å². The van der Waals surface area contributed by atoms with Crippen LogP contribution in [0, 0.1) is 34.5 Å². The zero-order valence-electron chi connectivity index (χ0n) is 21.4. The molecule has 34 heavy (non-hydrogen) atoms. The van der Waals surface area contributed by atoms with Crippen molar-refractivity contribution < 1.29 is 28.6 Å². The summed E-state index contributed by atoms with van der Waals surface area (Å²) in [6, 6.07) is 0. The van der Waals surface area contributed by atoms with Gasteiger partial charge in [-0.25, -0.2) is 0 Å². The minimum absolute atomic E-state index is 0.0215. The van der Waals surface area contributed by atoms with E-state index < -0.39 is 12.1 Å². The Balaban J connectivity index is 1.46. The van der Waals surface area contributed by atoms with Gasteiger partial charge in [0.05, 0.1) is 0 Å². The summed E-state index contributed by atoms with van der Waals surface area (Å²) in [6.45, 7) is 8.87. The molecule has 3 saturated carbocycles. The first-order valence-corrected chi connectivity index (χ1v) is 13.3. The van der Waals surface area contributed by atoms with E-state index in [2.05, 4.69) is 20.8 Å². The largest absolute Gasteiger partial charge is 0.458 e. The quantitative estimate of drug-likeness (QED) is 0.265. The van der Waals surface area contributed by atoms with Gasteiger partial charge in [-0.15, -0.1) is 0 Å². The van der Waals surface area contributed by atoms with Gasteiger partial charge in [0.1, 0.15) is 19.5 Å². The second-order valence-electron chi connectivity index (χ2n) is 11.6. The van der Waals surface area contributed by atoms with Gasteiger partial charge in [0.25, 0.3) is 0 Å². The molecular weight excluding hydrogens is 432 g/mol. The molecule has 0 aromatic heterocycles. The highest BCUT2D eigenvalue weighted by Crippen LogP contribution is 2.66. The van der Waals surface area contributed by atoms with Crippen LogP contribution in [-0.2, 0) is 28.6 Å². The van der Waals surface area contributed by atoms with Crippen molar-refractivity contribution in [2.24, 2.45) is 34.5 Å². The zero-order chi connectivity index (χ0) is 24.5. The second-order valence-corrected chi connectivity index (χ2v) is 11.6. The molecule has 4 aliphatic rings. The Morgan fingerprint density at radius 3 is 2.65 bits per heavy atom. The van der Waals surface area contributed by atoms with E-state index >= 15 is 0 Å². The molecule has 3 fully saturated rings. The zero-order valence-corrected chi connectivity index (χ0v) is 21.4. The minimum atomic E-state index is -0.427. The molecule has 4 aliphatic carbocycles. The van der Waals surface area contributed by atoms with Crippen LogP contribution in [0.5, 0.6) is 0 Å². The first-order chi connectivity index (χ1) is 16.2. The van der Waals surface area contributed by atoms with Crippen molar-refractivity contribution >= 4 is 17.5 Å². The lowest BCUT2D eigenvalue weighted by Gasteiger charge is -2.58. The monoisotopic (exact) mass is 474 g/mol. The maximum absolute atomic E-state index is 13.0. The number of carbonyl (C=O) groups is 3. The summed E-state index contributed by atoms with van der Waals surface area (Å²) in [4.78, 5) is 37.0. The Labute approximate surface area is 204 Å². The van der Waals surface area contributed by atoms with E-state index in [0.29, 0.717) is 24.4 Å². The van der Waals surface area contributed by atoms with E-state index in [1.165, 1.54) is 12.5 Å². The maximum atomic E-state index is 13.0. The van der Waals surface area contributed by atoms with E-state index in [1.54, 1.807) is 0 Å². The van der Waals surface area contributed by atoms with Crippen molar-refractivity contribution in [1.29, 1.82) is 0 Å². The molecule has 1 unspecified atom stereocenters. The van der Waals surface area contributed by atoms with Gasteiger partial charge >= 0.3 is 5.97 Å². The third kappa shape index (κ3) is 4.65. The highest BCUT2D eigenvalue weighted by molar-refractivity contribution is 5.95. The molecule has 0 aromatic carbocycles. The molecular formula is C28H42O6. The molecule has 6 heteroatoms. The van der Waals surface area contributed by atoms with E-state index in [9.17, 15) is 14.4 Å². The molecule has 6 nitrogen and oxygen atoms in total. The lowest BCUT2D eigenvalue weighted by molar-refractivity contribution is -0.151. The number of carbonyl (C=O) groups excluding carboxylic acids is 3. The number of hydrogen-bond donors (Lipinski definition) is 0. The molecule has 190 valence electrons. The van der Waals surface area contributed by atoms with Crippen LogP contribution in [-0.4, -0.2) is 43.6 Å². The standard InChI is InChI=1S/C28H42O6/c1-5-6-13-32-17-34-26-15-28(4)19(14-24(26)30)7-8-20-21-9-10-23(25(31)16-33-18(2)29)27(21,3)12-11-22(20)28/h14,20-23,26H,5-13,15-17H2,1-4H3/t20-,21-,22-,23+,26?,27-,28-/m0/s1. The predicted octanol–water partition coefficient (Wildman–Crippen LogP) is 5.04. The topological polar surface area (TPSA) is 78.9 Å². The fourth-order valence-electron chi connectivity index (χ4n) is 7.98. The number of ketones is 2. The van der Waals surface area contributed by atoms with Gasteiger partial charge in [-0.2, -0.15) is 0 Å². The van der Waals surface area contributed by atoms with E-state index in [0.717, 1.165) is 57.8 Å². The van der Waals surface area contributed by atoms with Crippen molar-refractivity contribution in [3.8, 4) is 0 Å². The van der Waals surface area contributed by atoms with Gasteiger partial charge < -0.3 is 14.2 Å². The number of allylic oxidation sites excluding steroid dienone is 1. The van der Waals surface area contributed by atoms with Gasteiger partial charge in [0.2, 0.25) is 0 Å². The highest BCUT2D eigenvalue weighted by Gasteiger charge is 2.60. The summed E-state index contributed by atoms with van der Waals surface area (Å²) in [7, 11) is 0. The van der Waals surface area contributed by atoms with Gasteiger partial charge in [-0.1, -0.05) is 32.8 Å². The smallest absolute Gasteiger partial charge is 0.303 e. The molecule has 0 saturated heterocycles. The third-order valence-corrected chi connectivity index (χ3v) is 9.78. The van der Waals surface area contributed by atoms with Crippen LogP contribution in [0.2, 0.25) is 0 Å². The first-order valence-electron chi connectivity index (χ1n) is 13.3. The molecule has 0 bridgehead atoms. The predicted molar refractivity (Wildman–Crippen MR) is 128 cm³/mol. The third-order valence-electron chi connectivity index (χ3n) is 9.78. The summed E-state index contributed by atoms with van der Waals surface area (Å²) >= 11 is 0. The van der Waals surface area contributed by atoms with Crippen molar-refractivity contribution in [3.63, 3.8) is 0 Å². The van der Waals surface area contributed by atoms with Crippen molar-refractivity contribution in [3.05, 3.63) is 11.6 Å². The Hall–Kier alpha value is -1.53.